The zero-order valence-corrected chi connectivity index (χ0v) is 12.1. The van der Waals surface area contributed by atoms with Crippen LogP contribution in [0.1, 0.15) is 32.4 Å². The lowest BCUT2D eigenvalue weighted by atomic mass is 10.0. The molecule has 0 radical (unpaired) electrons. The van der Waals surface area contributed by atoms with Gasteiger partial charge < -0.3 is 5.32 Å². The second-order valence-electron chi connectivity index (χ2n) is 5.81. The lowest BCUT2D eigenvalue weighted by molar-refractivity contribution is 0.662. The first kappa shape index (κ1) is 13.3. The van der Waals surface area contributed by atoms with Crippen LogP contribution >= 0.6 is 0 Å². The molecule has 1 fully saturated rings. The number of hydrogen-bond acceptors (Lipinski definition) is 3. The zero-order valence-electron chi connectivity index (χ0n) is 12.1. The SMILES string of the molecule is CC(C)C(=Cc1cnc2ccccc2n1)CNC1CC1. The Balaban J connectivity index is 1.84. The number of nitrogens with zero attached hydrogens (tertiary/aromatic N) is 2. The highest BCUT2D eigenvalue weighted by Gasteiger charge is 2.20. The molecule has 1 aromatic carbocycles. The summed E-state index contributed by atoms with van der Waals surface area (Å²) in [6.45, 7) is 5.42. The van der Waals surface area contributed by atoms with Gasteiger partial charge in [0.2, 0.25) is 0 Å². The third-order valence-electron chi connectivity index (χ3n) is 3.71. The van der Waals surface area contributed by atoms with Crippen molar-refractivity contribution in [1.29, 1.82) is 0 Å². The summed E-state index contributed by atoms with van der Waals surface area (Å²) >= 11 is 0. The first-order valence-electron chi connectivity index (χ1n) is 7.38. The lowest BCUT2D eigenvalue weighted by Crippen LogP contribution is -2.21. The van der Waals surface area contributed by atoms with E-state index in [1.807, 2.05) is 30.5 Å². The highest BCUT2D eigenvalue weighted by molar-refractivity contribution is 5.74. The number of nitrogens with one attached hydrogen (secondary N) is 1. The Morgan fingerprint density at radius 3 is 2.75 bits per heavy atom. The van der Waals surface area contributed by atoms with E-state index in [1.165, 1.54) is 18.4 Å². The minimum Gasteiger partial charge on any atom is -0.310 e. The molecule has 1 N–H and O–H groups in total. The molecule has 20 heavy (non-hydrogen) atoms. The summed E-state index contributed by atoms with van der Waals surface area (Å²) < 4.78 is 0. The van der Waals surface area contributed by atoms with Crippen LogP contribution in [-0.2, 0) is 0 Å². The average Bonchev–Trinajstić information content (AvgIpc) is 3.27. The third-order valence-corrected chi connectivity index (χ3v) is 3.71. The van der Waals surface area contributed by atoms with Gasteiger partial charge in [-0.2, -0.15) is 0 Å². The van der Waals surface area contributed by atoms with E-state index in [1.54, 1.807) is 0 Å². The van der Waals surface area contributed by atoms with Crippen LogP contribution in [0.2, 0.25) is 0 Å². The van der Waals surface area contributed by atoms with Crippen molar-refractivity contribution < 1.29 is 0 Å². The predicted molar refractivity (Wildman–Crippen MR) is 83.4 cm³/mol. The van der Waals surface area contributed by atoms with Gasteiger partial charge in [0.15, 0.2) is 0 Å². The van der Waals surface area contributed by atoms with Crippen LogP contribution < -0.4 is 5.32 Å². The standard InChI is InChI=1S/C17H21N3/c1-12(2)13(10-18-14-7-8-14)9-15-11-19-16-5-3-4-6-17(16)20-15/h3-6,9,11-12,14,18H,7-8,10H2,1-2H3. The summed E-state index contributed by atoms with van der Waals surface area (Å²) in [5.41, 5.74) is 4.25. The molecular weight excluding hydrogens is 246 g/mol. The second-order valence-corrected chi connectivity index (χ2v) is 5.81. The first-order valence-corrected chi connectivity index (χ1v) is 7.38. The highest BCUT2D eigenvalue weighted by atomic mass is 14.9. The van der Waals surface area contributed by atoms with Crippen molar-refractivity contribution in [2.24, 2.45) is 5.92 Å². The molecule has 1 aliphatic rings. The smallest absolute Gasteiger partial charge is 0.0894 e. The molecule has 2 aromatic rings. The summed E-state index contributed by atoms with van der Waals surface area (Å²) in [5.74, 6) is 0.523. The number of fused-ring (bicyclic) bond motifs is 1. The maximum absolute atomic E-state index is 4.67. The van der Waals surface area contributed by atoms with E-state index in [2.05, 4.69) is 35.2 Å². The van der Waals surface area contributed by atoms with Crippen LogP contribution in [0, 0.1) is 5.92 Å². The minimum absolute atomic E-state index is 0.523. The number of rotatable bonds is 5. The van der Waals surface area contributed by atoms with E-state index in [0.29, 0.717) is 5.92 Å². The normalized spacial score (nSPS) is 16.1. The van der Waals surface area contributed by atoms with Crippen molar-refractivity contribution in [3.8, 4) is 0 Å². The molecule has 0 spiro atoms. The Labute approximate surface area is 120 Å². The van der Waals surface area contributed by atoms with E-state index in [4.69, 9.17) is 0 Å². The van der Waals surface area contributed by atoms with E-state index >= 15 is 0 Å². The molecule has 104 valence electrons. The number of para-hydroxylation sites is 2. The van der Waals surface area contributed by atoms with Crippen LogP contribution in [0.4, 0.5) is 0 Å². The van der Waals surface area contributed by atoms with Gasteiger partial charge in [0.05, 0.1) is 22.9 Å². The predicted octanol–water partition coefficient (Wildman–Crippen LogP) is 3.42. The largest absolute Gasteiger partial charge is 0.310 e. The molecule has 0 atom stereocenters. The molecule has 1 aromatic heterocycles. The molecule has 0 saturated heterocycles. The monoisotopic (exact) mass is 267 g/mol. The van der Waals surface area contributed by atoms with Gasteiger partial charge in [-0.05, 0) is 37.0 Å². The van der Waals surface area contributed by atoms with Crippen molar-refractivity contribution in [2.45, 2.75) is 32.7 Å². The topological polar surface area (TPSA) is 37.8 Å². The summed E-state index contributed by atoms with van der Waals surface area (Å²) in [5, 5.41) is 3.58. The molecule has 3 nitrogen and oxygen atoms in total. The Morgan fingerprint density at radius 1 is 1.30 bits per heavy atom. The van der Waals surface area contributed by atoms with E-state index in [-0.39, 0.29) is 0 Å². The molecule has 3 heteroatoms. The van der Waals surface area contributed by atoms with Crippen LogP contribution in [-0.4, -0.2) is 22.6 Å². The Bertz CT molecular complexity index is 627. The summed E-state index contributed by atoms with van der Waals surface area (Å²) in [6, 6.07) is 8.74. The van der Waals surface area contributed by atoms with Gasteiger partial charge in [0.25, 0.3) is 0 Å². The van der Waals surface area contributed by atoms with Gasteiger partial charge in [0.1, 0.15) is 0 Å². The van der Waals surface area contributed by atoms with Crippen molar-refractivity contribution in [2.75, 3.05) is 6.54 Å². The Hall–Kier alpha value is -1.74. The third kappa shape index (κ3) is 3.23. The van der Waals surface area contributed by atoms with Crippen LogP contribution in [0.15, 0.2) is 36.0 Å². The lowest BCUT2D eigenvalue weighted by Gasteiger charge is -2.12. The number of aromatic nitrogens is 2. The van der Waals surface area contributed by atoms with Gasteiger partial charge in [-0.25, -0.2) is 4.98 Å². The van der Waals surface area contributed by atoms with Crippen molar-refractivity contribution in [1.82, 2.24) is 15.3 Å². The van der Waals surface area contributed by atoms with Crippen molar-refractivity contribution in [3.05, 3.63) is 41.7 Å². The van der Waals surface area contributed by atoms with Crippen LogP contribution in [0.25, 0.3) is 17.1 Å². The Kier molecular flexibility index (Phi) is 3.79. The van der Waals surface area contributed by atoms with Gasteiger partial charge in [-0.1, -0.05) is 31.6 Å². The summed E-state index contributed by atoms with van der Waals surface area (Å²) in [7, 11) is 0. The maximum Gasteiger partial charge on any atom is 0.0894 e. The molecule has 1 heterocycles. The highest BCUT2D eigenvalue weighted by Crippen LogP contribution is 2.21. The van der Waals surface area contributed by atoms with Gasteiger partial charge in [-0.15, -0.1) is 0 Å². The molecule has 1 saturated carbocycles. The van der Waals surface area contributed by atoms with E-state index in [0.717, 1.165) is 29.3 Å². The fraction of sp³-hybridized carbons (Fsp3) is 0.412. The molecule has 0 amide bonds. The fourth-order valence-electron chi connectivity index (χ4n) is 2.20. The van der Waals surface area contributed by atoms with E-state index in [9.17, 15) is 0 Å². The van der Waals surface area contributed by atoms with Crippen molar-refractivity contribution >= 4 is 17.1 Å². The quantitative estimate of drug-likeness (QED) is 0.902. The fourth-order valence-corrected chi connectivity index (χ4v) is 2.20. The van der Waals surface area contributed by atoms with Crippen LogP contribution in [0.3, 0.4) is 0 Å². The molecule has 0 aliphatic heterocycles. The Morgan fingerprint density at radius 2 is 2.05 bits per heavy atom. The second kappa shape index (κ2) is 5.71. The molecule has 1 aliphatic carbocycles. The van der Waals surface area contributed by atoms with Crippen molar-refractivity contribution in [3.63, 3.8) is 0 Å². The van der Waals surface area contributed by atoms with Crippen LogP contribution in [0.5, 0.6) is 0 Å². The molecular formula is C17H21N3. The van der Waals surface area contributed by atoms with Gasteiger partial charge in [0, 0.05) is 12.6 Å². The average molecular weight is 267 g/mol. The molecule has 0 unspecified atom stereocenters. The molecule has 3 rings (SSSR count). The number of hydrogen-bond donors (Lipinski definition) is 1. The summed E-state index contributed by atoms with van der Waals surface area (Å²) in [6.07, 6.45) is 6.68. The van der Waals surface area contributed by atoms with Gasteiger partial charge >= 0.3 is 0 Å². The summed E-state index contributed by atoms with van der Waals surface area (Å²) in [4.78, 5) is 9.15. The number of benzene rings is 1. The first-order chi connectivity index (χ1) is 9.72. The molecule has 0 bridgehead atoms. The minimum atomic E-state index is 0.523. The maximum atomic E-state index is 4.67. The zero-order chi connectivity index (χ0) is 13.9. The van der Waals surface area contributed by atoms with E-state index < -0.39 is 0 Å². The van der Waals surface area contributed by atoms with Gasteiger partial charge in [-0.3, -0.25) is 4.98 Å².